The summed E-state index contributed by atoms with van der Waals surface area (Å²) in [4.78, 5) is 0. The van der Waals surface area contributed by atoms with Crippen molar-refractivity contribution in [2.75, 3.05) is 26.2 Å². The number of hydrogen-bond acceptors (Lipinski definition) is 4. The summed E-state index contributed by atoms with van der Waals surface area (Å²) in [6.07, 6.45) is 3.65. The van der Waals surface area contributed by atoms with Crippen molar-refractivity contribution in [3.8, 4) is 0 Å². The van der Waals surface area contributed by atoms with Gasteiger partial charge in [-0.25, -0.2) is 8.42 Å². The van der Waals surface area contributed by atoms with Crippen LogP contribution in [0, 0.1) is 0 Å². The molecule has 0 rings (SSSR count). The molecule has 0 aliphatic carbocycles. The number of sulfone groups is 1. The van der Waals surface area contributed by atoms with E-state index in [1.54, 1.807) is 7.11 Å². The zero-order valence-electron chi connectivity index (χ0n) is 11.0. The third-order valence-corrected chi connectivity index (χ3v) is 4.29. The molecule has 2 unspecified atom stereocenters. The average molecular weight is 251 g/mol. The summed E-state index contributed by atoms with van der Waals surface area (Å²) in [6, 6.07) is 0.184. The molecule has 1 N–H and O–H groups in total. The Balaban J connectivity index is 4.30. The molecule has 0 fully saturated rings. The molecule has 4 nitrogen and oxygen atoms in total. The van der Waals surface area contributed by atoms with Gasteiger partial charge in [0.1, 0.15) is 9.84 Å². The predicted molar refractivity (Wildman–Crippen MR) is 67.5 cm³/mol. The summed E-state index contributed by atoms with van der Waals surface area (Å²) < 4.78 is 27.6. The first-order chi connectivity index (χ1) is 7.29. The minimum Gasteiger partial charge on any atom is -0.377 e. The van der Waals surface area contributed by atoms with E-state index in [-0.39, 0.29) is 17.4 Å². The van der Waals surface area contributed by atoms with Crippen molar-refractivity contribution in [3.63, 3.8) is 0 Å². The van der Waals surface area contributed by atoms with Gasteiger partial charge in [-0.2, -0.15) is 0 Å². The van der Waals surface area contributed by atoms with Crippen molar-refractivity contribution >= 4 is 9.84 Å². The highest BCUT2D eigenvalue weighted by atomic mass is 32.2. The summed E-state index contributed by atoms with van der Waals surface area (Å²) >= 11 is 0. The Labute approximate surface area is 99.7 Å². The van der Waals surface area contributed by atoms with Crippen LogP contribution in [0.5, 0.6) is 0 Å². The molecule has 0 heterocycles. The normalized spacial score (nSPS) is 18.1. The van der Waals surface area contributed by atoms with E-state index >= 15 is 0 Å². The van der Waals surface area contributed by atoms with Gasteiger partial charge in [0.05, 0.1) is 5.60 Å². The third kappa shape index (κ3) is 5.27. The summed E-state index contributed by atoms with van der Waals surface area (Å²) in [7, 11) is 0.730. The fourth-order valence-corrected chi connectivity index (χ4v) is 2.53. The summed E-state index contributed by atoms with van der Waals surface area (Å²) in [5, 5.41) is 3.21. The first-order valence-corrected chi connectivity index (χ1v) is 7.75. The largest absolute Gasteiger partial charge is 0.377 e. The standard InChI is InChI=1S/C11H25NO3S/c1-6-11(2,15-4)10(12-3)8-7-9-16(5,13)14/h10,12H,6-9H2,1-5H3. The molecule has 0 aromatic rings. The van der Waals surface area contributed by atoms with E-state index in [0.29, 0.717) is 6.42 Å². The van der Waals surface area contributed by atoms with E-state index in [4.69, 9.17) is 4.74 Å². The van der Waals surface area contributed by atoms with Gasteiger partial charge in [-0.3, -0.25) is 0 Å². The zero-order chi connectivity index (χ0) is 12.8. The van der Waals surface area contributed by atoms with Crippen LogP contribution < -0.4 is 5.32 Å². The minimum atomic E-state index is -2.86. The minimum absolute atomic E-state index is 0.184. The number of rotatable bonds is 8. The quantitative estimate of drug-likeness (QED) is 0.704. The molecule has 0 aromatic heterocycles. The van der Waals surface area contributed by atoms with Gasteiger partial charge in [-0.1, -0.05) is 6.92 Å². The monoisotopic (exact) mass is 251 g/mol. The van der Waals surface area contributed by atoms with Gasteiger partial charge < -0.3 is 10.1 Å². The number of ether oxygens (including phenoxy) is 1. The molecular formula is C11H25NO3S. The highest BCUT2D eigenvalue weighted by molar-refractivity contribution is 7.90. The van der Waals surface area contributed by atoms with Gasteiger partial charge >= 0.3 is 0 Å². The second-order valence-electron chi connectivity index (χ2n) is 4.48. The molecule has 0 saturated carbocycles. The molecule has 0 saturated heterocycles. The second kappa shape index (κ2) is 6.57. The lowest BCUT2D eigenvalue weighted by Crippen LogP contribution is -2.48. The van der Waals surface area contributed by atoms with Gasteiger partial charge in [0, 0.05) is 25.2 Å². The van der Waals surface area contributed by atoms with Gasteiger partial charge in [-0.15, -0.1) is 0 Å². The van der Waals surface area contributed by atoms with Crippen LogP contribution in [0.1, 0.15) is 33.1 Å². The van der Waals surface area contributed by atoms with E-state index in [2.05, 4.69) is 19.2 Å². The Bertz CT molecular complexity index is 284. The van der Waals surface area contributed by atoms with Gasteiger partial charge in [0.15, 0.2) is 0 Å². The summed E-state index contributed by atoms with van der Waals surface area (Å²) in [5.74, 6) is 0.245. The molecule has 0 spiro atoms. The SMILES string of the molecule is CCC(C)(OC)C(CCCS(C)(=O)=O)NC. The van der Waals surface area contributed by atoms with Crippen LogP contribution in [0.25, 0.3) is 0 Å². The maximum absolute atomic E-state index is 11.0. The summed E-state index contributed by atoms with van der Waals surface area (Å²) in [5.41, 5.74) is -0.230. The lowest BCUT2D eigenvalue weighted by Gasteiger charge is -2.35. The van der Waals surface area contributed by atoms with Gasteiger partial charge in [0.25, 0.3) is 0 Å². The fraction of sp³-hybridized carbons (Fsp3) is 1.00. The van der Waals surface area contributed by atoms with Crippen LogP contribution in [0.4, 0.5) is 0 Å². The molecular weight excluding hydrogens is 226 g/mol. The van der Waals surface area contributed by atoms with Crippen molar-refractivity contribution in [1.29, 1.82) is 0 Å². The molecule has 0 aromatic carbocycles. The third-order valence-electron chi connectivity index (χ3n) is 3.26. The maximum atomic E-state index is 11.0. The van der Waals surface area contributed by atoms with Crippen molar-refractivity contribution in [2.24, 2.45) is 0 Å². The van der Waals surface area contributed by atoms with Gasteiger partial charge in [0.2, 0.25) is 0 Å². The second-order valence-corrected chi connectivity index (χ2v) is 6.74. The molecule has 16 heavy (non-hydrogen) atoms. The van der Waals surface area contributed by atoms with Crippen molar-refractivity contribution < 1.29 is 13.2 Å². The molecule has 0 bridgehead atoms. The molecule has 98 valence electrons. The molecule has 0 radical (unpaired) electrons. The van der Waals surface area contributed by atoms with Crippen LogP contribution in [0.15, 0.2) is 0 Å². The number of methoxy groups -OCH3 is 1. The Morgan fingerprint density at radius 1 is 1.44 bits per heavy atom. The first-order valence-electron chi connectivity index (χ1n) is 5.69. The van der Waals surface area contributed by atoms with Crippen molar-refractivity contribution in [3.05, 3.63) is 0 Å². The molecule has 2 atom stereocenters. The van der Waals surface area contributed by atoms with Crippen LogP contribution >= 0.6 is 0 Å². The maximum Gasteiger partial charge on any atom is 0.147 e. The Morgan fingerprint density at radius 3 is 2.31 bits per heavy atom. The van der Waals surface area contributed by atoms with Gasteiger partial charge in [-0.05, 0) is 33.2 Å². The van der Waals surface area contributed by atoms with Crippen LogP contribution in [0.2, 0.25) is 0 Å². The fourth-order valence-electron chi connectivity index (χ4n) is 1.84. The molecule has 0 aliphatic heterocycles. The number of likely N-dealkylation sites (N-methyl/N-ethyl adjacent to an activating group) is 1. The Kier molecular flexibility index (Phi) is 6.51. The Morgan fingerprint density at radius 2 is 2.00 bits per heavy atom. The molecule has 5 heteroatoms. The summed E-state index contributed by atoms with van der Waals surface area (Å²) in [6.45, 7) is 4.12. The molecule has 0 aliphatic rings. The molecule has 0 amide bonds. The van der Waals surface area contributed by atoms with Crippen molar-refractivity contribution in [2.45, 2.75) is 44.8 Å². The highest BCUT2D eigenvalue weighted by Gasteiger charge is 2.30. The van der Waals surface area contributed by atoms with E-state index in [9.17, 15) is 8.42 Å². The first kappa shape index (κ1) is 15.9. The van der Waals surface area contributed by atoms with Crippen molar-refractivity contribution in [1.82, 2.24) is 5.32 Å². The van der Waals surface area contributed by atoms with Crippen LogP contribution in [-0.2, 0) is 14.6 Å². The Hall–Kier alpha value is -0.130. The van der Waals surface area contributed by atoms with E-state index in [1.165, 1.54) is 6.26 Å². The van der Waals surface area contributed by atoms with Crippen LogP contribution in [-0.4, -0.2) is 46.2 Å². The number of nitrogens with one attached hydrogen (secondary N) is 1. The predicted octanol–water partition coefficient (Wildman–Crippen LogP) is 1.21. The highest BCUT2D eigenvalue weighted by Crippen LogP contribution is 2.22. The number of hydrogen-bond donors (Lipinski definition) is 1. The topological polar surface area (TPSA) is 55.4 Å². The van der Waals surface area contributed by atoms with E-state index in [0.717, 1.165) is 12.8 Å². The van der Waals surface area contributed by atoms with E-state index in [1.807, 2.05) is 7.05 Å². The van der Waals surface area contributed by atoms with Crippen LogP contribution in [0.3, 0.4) is 0 Å². The average Bonchev–Trinajstić information content (AvgIpc) is 2.22. The lowest BCUT2D eigenvalue weighted by atomic mass is 9.90. The zero-order valence-corrected chi connectivity index (χ0v) is 11.9. The smallest absolute Gasteiger partial charge is 0.147 e. The lowest BCUT2D eigenvalue weighted by molar-refractivity contribution is -0.0292. The van der Waals surface area contributed by atoms with E-state index < -0.39 is 9.84 Å².